The number of halogens is 3. The molecule has 1 aliphatic heterocycles. The number of carbonyl (C=O) groups excluding carboxylic acids is 2. The van der Waals surface area contributed by atoms with Crippen molar-refractivity contribution in [1.29, 1.82) is 0 Å². The monoisotopic (exact) mass is 366 g/mol. The van der Waals surface area contributed by atoms with Crippen molar-refractivity contribution >= 4 is 46.4 Å². The quantitative estimate of drug-likeness (QED) is 0.868. The van der Waals surface area contributed by atoms with Gasteiger partial charge in [-0.05, 0) is 42.8 Å². The van der Waals surface area contributed by atoms with E-state index >= 15 is 0 Å². The number of anilines is 2. The van der Waals surface area contributed by atoms with Crippen LogP contribution in [0, 0.1) is 5.82 Å². The van der Waals surface area contributed by atoms with E-state index in [1.54, 1.807) is 17.0 Å². The van der Waals surface area contributed by atoms with Gasteiger partial charge in [0.25, 0.3) is 5.91 Å². The fraction of sp³-hybridized carbons (Fsp3) is 0.176. The normalized spacial score (nSPS) is 14.1. The zero-order valence-electron chi connectivity index (χ0n) is 12.5. The van der Waals surface area contributed by atoms with Gasteiger partial charge < -0.3 is 10.2 Å². The molecule has 0 saturated carbocycles. The Balaban J connectivity index is 1.81. The van der Waals surface area contributed by atoms with Crippen LogP contribution in [-0.2, 0) is 4.79 Å². The predicted molar refractivity (Wildman–Crippen MR) is 92.4 cm³/mol. The lowest BCUT2D eigenvalue weighted by Gasteiger charge is -2.18. The molecular weight excluding hydrogens is 354 g/mol. The summed E-state index contributed by atoms with van der Waals surface area (Å²) in [6.07, 6.45) is 1.30. The molecule has 24 heavy (non-hydrogen) atoms. The standard InChI is InChI=1S/C17H13Cl2FN2O2/c18-10-3-5-14(20)12(8-10)17(24)21-11-4-6-15(13(19)9-11)22-7-1-2-16(22)23/h3-6,8-9H,1-2,7H2,(H,21,24). The van der Waals surface area contributed by atoms with Gasteiger partial charge in [-0.15, -0.1) is 0 Å². The maximum absolute atomic E-state index is 13.7. The van der Waals surface area contributed by atoms with Crippen molar-refractivity contribution in [3.05, 3.63) is 57.8 Å². The largest absolute Gasteiger partial charge is 0.322 e. The first kappa shape index (κ1) is 16.7. The first-order chi connectivity index (χ1) is 11.5. The van der Waals surface area contributed by atoms with Gasteiger partial charge in [0.05, 0.1) is 16.3 Å². The van der Waals surface area contributed by atoms with Crippen LogP contribution in [0.2, 0.25) is 10.0 Å². The molecule has 1 aliphatic rings. The molecule has 0 aliphatic carbocycles. The summed E-state index contributed by atoms with van der Waals surface area (Å²) in [6.45, 7) is 0.623. The van der Waals surface area contributed by atoms with Crippen molar-refractivity contribution in [3.8, 4) is 0 Å². The fourth-order valence-corrected chi connectivity index (χ4v) is 3.03. The molecule has 0 aromatic heterocycles. The van der Waals surface area contributed by atoms with E-state index < -0.39 is 11.7 Å². The summed E-state index contributed by atoms with van der Waals surface area (Å²) in [5.41, 5.74) is 0.850. The minimum Gasteiger partial charge on any atom is -0.322 e. The van der Waals surface area contributed by atoms with Crippen LogP contribution >= 0.6 is 23.2 Å². The molecule has 0 bridgehead atoms. The highest BCUT2D eigenvalue weighted by Crippen LogP contribution is 2.32. The highest BCUT2D eigenvalue weighted by atomic mass is 35.5. The molecule has 2 aromatic rings. The van der Waals surface area contributed by atoms with Crippen LogP contribution < -0.4 is 10.2 Å². The molecule has 7 heteroatoms. The minimum atomic E-state index is -0.665. The number of amides is 2. The van der Waals surface area contributed by atoms with Gasteiger partial charge >= 0.3 is 0 Å². The molecule has 1 heterocycles. The van der Waals surface area contributed by atoms with Crippen molar-refractivity contribution in [3.63, 3.8) is 0 Å². The zero-order chi connectivity index (χ0) is 17.3. The maximum atomic E-state index is 13.7. The summed E-state index contributed by atoms with van der Waals surface area (Å²) < 4.78 is 13.7. The van der Waals surface area contributed by atoms with E-state index in [4.69, 9.17) is 23.2 Å². The third-order valence-electron chi connectivity index (χ3n) is 3.74. The van der Waals surface area contributed by atoms with Crippen LogP contribution in [0.3, 0.4) is 0 Å². The summed E-state index contributed by atoms with van der Waals surface area (Å²) in [5.74, 6) is -1.27. The lowest BCUT2D eigenvalue weighted by Crippen LogP contribution is -2.24. The Hall–Kier alpha value is -2.11. The molecule has 1 N–H and O–H groups in total. The van der Waals surface area contributed by atoms with Crippen molar-refractivity contribution in [1.82, 2.24) is 0 Å². The van der Waals surface area contributed by atoms with Crippen molar-refractivity contribution in [2.75, 3.05) is 16.8 Å². The van der Waals surface area contributed by atoms with Crippen LogP contribution in [0.4, 0.5) is 15.8 Å². The summed E-state index contributed by atoms with van der Waals surface area (Å²) in [6, 6.07) is 8.56. The van der Waals surface area contributed by atoms with E-state index in [0.29, 0.717) is 29.4 Å². The third-order valence-corrected chi connectivity index (χ3v) is 4.28. The Morgan fingerprint density at radius 3 is 2.62 bits per heavy atom. The number of nitrogens with zero attached hydrogens (tertiary/aromatic N) is 1. The molecule has 1 saturated heterocycles. The van der Waals surface area contributed by atoms with Gasteiger partial charge in [-0.2, -0.15) is 0 Å². The number of hydrogen-bond donors (Lipinski definition) is 1. The lowest BCUT2D eigenvalue weighted by molar-refractivity contribution is -0.117. The molecule has 0 atom stereocenters. The van der Waals surface area contributed by atoms with Crippen LogP contribution in [0.1, 0.15) is 23.2 Å². The van der Waals surface area contributed by atoms with E-state index in [1.165, 1.54) is 18.2 Å². The Labute approximate surface area is 148 Å². The molecule has 1 fully saturated rings. The summed E-state index contributed by atoms with van der Waals surface area (Å²) in [7, 11) is 0. The average Bonchev–Trinajstić information content (AvgIpc) is 2.96. The second-order valence-corrected chi connectivity index (χ2v) is 6.24. The first-order valence-corrected chi connectivity index (χ1v) is 8.07. The van der Waals surface area contributed by atoms with Gasteiger partial charge in [-0.25, -0.2) is 4.39 Å². The van der Waals surface area contributed by atoms with Crippen LogP contribution in [0.25, 0.3) is 0 Å². The van der Waals surface area contributed by atoms with Gasteiger partial charge in [-0.1, -0.05) is 23.2 Å². The van der Waals surface area contributed by atoms with Crippen molar-refractivity contribution < 1.29 is 14.0 Å². The summed E-state index contributed by atoms with van der Waals surface area (Å²) >= 11 is 12.0. The van der Waals surface area contributed by atoms with Crippen LogP contribution in [0.5, 0.6) is 0 Å². The molecule has 0 spiro atoms. The molecule has 2 aromatic carbocycles. The van der Waals surface area contributed by atoms with E-state index in [2.05, 4.69) is 5.32 Å². The van der Waals surface area contributed by atoms with Crippen molar-refractivity contribution in [2.45, 2.75) is 12.8 Å². The van der Waals surface area contributed by atoms with E-state index in [9.17, 15) is 14.0 Å². The molecule has 124 valence electrons. The first-order valence-electron chi connectivity index (χ1n) is 7.32. The van der Waals surface area contributed by atoms with E-state index in [-0.39, 0.29) is 16.5 Å². The predicted octanol–water partition coefficient (Wildman–Crippen LogP) is 4.51. The third kappa shape index (κ3) is 3.37. The van der Waals surface area contributed by atoms with Gasteiger partial charge in [0.2, 0.25) is 5.91 Å². The highest BCUT2D eigenvalue weighted by molar-refractivity contribution is 6.34. The highest BCUT2D eigenvalue weighted by Gasteiger charge is 2.23. The van der Waals surface area contributed by atoms with Crippen LogP contribution in [0.15, 0.2) is 36.4 Å². The minimum absolute atomic E-state index is 0.0229. The Morgan fingerprint density at radius 1 is 1.17 bits per heavy atom. The Kier molecular flexibility index (Phi) is 4.73. The molecular formula is C17H13Cl2FN2O2. The molecule has 0 unspecified atom stereocenters. The molecule has 3 rings (SSSR count). The number of carbonyl (C=O) groups is 2. The Morgan fingerprint density at radius 2 is 1.96 bits per heavy atom. The maximum Gasteiger partial charge on any atom is 0.258 e. The SMILES string of the molecule is O=C(Nc1ccc(N2CCCC2=O)c(Cl)c1)c1cc(Cl)ccc1F. The second-order valence-electron chi connectivity index (χ2n) is 5.39. The molecule has 2 amide bonds. The topological polar surface area (TPSA) is 49.4 Å². The number of nitrogens with one attached hydrogen (secondary N) is 1. The smallest absolute Gasteiger partial charge is 0.258 e. The van der Waals surface area contributed by atoms with E-state index in [0.717, 1.165) is 12.5 Å². The summed E-state index contributed by atoms with van der Waals surface area (Å²) in [4.78, 5) is 25.6. The van der Waals surface area contributed by atoms with Gasteiger partial charge in [-0.3, -0.25) is 9.59 Å². The number of rotatable bonds is 3. The zero-order valence-corrected chi connectivity index (χ0v) is 14.0. The van der Waals surface area contributed by atoms with Gasteiger partial charge in [0.1, 0.15) is 5.82 Å². The molecule has 0 radical (unpaired) electrons. The van der Waals surface area contributed by atoms with Gasteiger partial charge in [0.15, 0.2) is 0 Å². The van der Waals surface area contributed by atoms with Gasteiger partial charge in [0, 0.05) is 23.7 Å². The summed E-state index contributed by atoms with van der Waals surface area (Å²) in [5, 5.41) is 3.18. The average molecular weight is 367 g/mol. The second kappa shape index (κ2) is 6.79. The number of benzene rings is 2. The fourth-order valence-electron chi connectivity index (χ4n) is 2.58. The van der Waals surface area contributed by atoms with E-state index in [1.807, 2.05) is 0 Å². The Bertz CT molecular complexity index is 826. The van der Waals surface area contributed by atoms with Crippen LogP contribution in [-0.4, -0.2) is 18.4 Å². The number of hydrogen-bond acceptors (Lipinski definition) is 2. The molecule has 4 nitrogen and oxygen atoms in total. The lowest BCUT2D eigenvalue weighted by atomic mass is 10.2. The van der Waals surface area contributed by atoms with Crippen molar-refractivity contribution in [2.24, 2.45) is 0 Å².